The fraction of sp³-hybridized carbons (Fsp3) is 0.625. The molecule has 0 amide bonds. The van der Waals surface area contributed by atoms with Gasteiger partial charge in [-0.3, -0.25) is 0 Å². The molecular weight excluding hydrogens is 238 g/mol. The van der Waals surface area contributed by atoms with Crippen LogP contribution in [0.15, 0.2) is 24.3 Å². The van der Waals surface area contributed by atoms with Crippen molar-refractivity contribution in [2.75, 3.05) is 6.56 Å². The summed E-state index contributed by atoms with van der Waals surface area (Å²) in [4.78, 5) is 0. The van der Waals surface area contributed by atoms with Crippen LogP contribution in [-0.2, 0) is 0 Å². The SMILES string of the molecule is [2H]C([2H])([2H])[C@H](CCC)C([2H])([2H])Oc1ccc([C@@H](N)C(O)(C([2H])([2H])[2H])C([2H])([2H])[2H])cc1. The summed E-state index contributed by atoms with van der Waals surface area (Å²) in [6.45, 7) is -10.0. The molecule has 0 aliphatic carbocycles. The summed E-state index contributed by atoms with van der Waals surface area (Å²) in [7, 11) is 0. The highest BCUT2D eigenvalue weighted by Crippen LogP contribution is 2.24. The van der Waals surface area contributed by atoms with E-state index in [0.717, 1.165) is 0 Å². The molecule has 1 aromatic rings. The topological polar surface area (TPSA) is 55.5 Å². The van der Waals surface area contributed by atoms with Gasteiger partial charge in [-0.25, -0.2) is 0 Å². The van der Waals surface area contributed by atoms with Crippen molar-refractivity contribution in [2.24, 2.45) is 11.7 Å². The predicted octanol–water partition coefficient (Wildman–Crippen LogP) is 3.27. The third kappa shape index (κ3) is 5.21. The summed E-state index contributed by atoms with van der Waals surface area (Å²) in [6.07, 6.45) is 0.499. The molecule has 108 valence electrons. The third-order valence-corrected chi connectivity index (χ3v) is 2.59. The zero-order chi connectivity index (χ0) is 23.8. The molecule has 3 N–H and O–H groups in total. The number of hydrogen-bond donors (Lipinski definition) is 2. The Morgan fingerprint density at radius 1 is 1.42 bits per heavy atom. The first-order valence-corrected chi connectivity index (χ1v) is 6.06. The minimum Gasteiger partial charge on any atom is -0.493 e. The molecule has 0 aliphatic rings. The summed E-state index contributed by atoms with van der Waals surface area (Å²) >= 11 is 0. The number of benzene rings is 1. The van der Waals surface area contributed by atoms with Gasteiger partial charge in [0.2, 0.25) is 0 Å². The summed E-state index contributed by atoms with van der Waals surface area (Å²) in [5, 5.41) is 10.5. The number of nitrogens with two attached hydrogens (primary N) is 1. The maximum absolute atomic E-state index is 10.5. The summed E-state index contributed by atoms with van der Waals surface area (Å²) in [5.41, 5.74) is 2.56. The van der Waals surface area contributed by atoms with Crippen LogP contribution in [0.2, 0.25) is 0 Å². The highest BCUT2D eigenvalue weighted by molar-refractivity contribution is 5.30. The molecule has 0 bridgehead atoms. The van der Waals surface area contributed by atoms with Crippen molar-refractivity contribution in [1.82, 2.24) is 0 Å². The van der Waals surface area contributed by atoms with E-state index in [2.05, 4.69) is 0 Å². The second-order valence-corrected chi connectivity index (χ2v) is 4.37. The van der Waals surface area contributed by atoms with Crippen LogP contribution in [0.1, 0.15) is 67.0 Å². The second-order valence-electron chi connectivity index (χ2n) is 4.37. The summed E-state index contributed by atoms with van der Waals surface area (Å²) in [5.74, 6) is -1.44. The maximum Gasteiger partial charge on any atom is 0.119 e. The quantitative estimate of drug-likeness (QED) is 0.803. The molecule has 0 saturated carbocycles. The first kappa shape index (κ1) is 6.15. The van der Waals surface area contributed by atoms with Crippen LogP contribution in [0.5, 0.6) is 5.75 Å². The van der Waals surface area contributed by atoms with Gasteiger partial charge in [0.25, 0.3) is 0 Å². The van der Waals surface area contributed by atoms with Gasteiger partial charge in [-0.05, 0) is 43.7 Å². The Hall–Kier alpha value is -1.06. The van der Waals surface area contributed by atoms with Gasteiger partial charge in [0.05, 0.1) is 20.9 Å². The predicted molar refractivity (Wildman–Crippen MR) is 79.2 cm³/mol. The van der Waals surface area contributed by atoms with Crippen molar-refractivity contribution in [2.45, 2.75) is 52.0 Å². The molecule has 0 saturated heterocycles. The van der Waals surface area contributed by atoms with Gasteiger partial charge >= 0.3 is 0 Å². The zero-order valence-electron chi connectivity index (χ0n) is 21.8. The Balaban J connectivity index is 3.19. The van der Waals surface area contributed by atoms with Crippen molar-refractivity contribution in [1.29, 1.82) is 0 Å². The normalized spacial score (nSPS) is 26.4. The van der Waals surface area contributed by atoms with E-state index in [4.69, 9.17) is 25.5 Å². The van der Waals surface area contributed by atoms with Gasteiger partial charge in [0, 0.05) is 12.3 Å². The largest absolute Gasteiger partial charge is 0.493 e. The lowest BCUT2D eigenvalue weighted by atomic mass is 9.93. The van der Waals surface area contributed by atoms with Crippen LogP contribution in [0, 0.1) is 5.92 Å². The summed E-state index contributed by atoms with van der Waals surface area (Å²) < 4.78 is 88.7. The molecule has 19 heavy (non-hydrogen) atoms. The fourth-order valence-electron chi connectivity index (χ4n) is 1.47. The van der Waals surface area contributed by atoms with Crippen molar-refractivity contribution >= 4 is 0 Å². The van der Waals surface area contributed by atoms with Crippen molar-refractivity contribution in [3.8, 4) is 5.75 Å². The second kappa shape index (κ2) is 6.92. The molecule has 0 unspecified atom stereocenters. The monoisotopic (exact) mass is 276 g/mol. The molecule has 0 radical (unpaired) electrons. The number of rotatable bonds is 7. The van der Waals surface area contributed by atoms with Crippen LogP contribution in [-0.4, -0.2) is 17.3 Å². The van der Waals surface area contributed by atoms with Gasteiger partial charge in [-0.1, -0.05) is 32.3 Å². The van der Waals surface area contributed by atoms with Crippen LogP contribution in [0.3, 0.4) is 0 Å². The first-order valence-electron chi connectivity index (χ1n) is 11.6. The van der Waals surface area contributed by atoms with Crippen LogP contribution >= 0.6 is 0 Å². The van der Waals surface area contributed by atoms with E-state index < -0.39 is 44.7 Å². The van der Waals surface area contributed by atoms with Crippen molar-refractivity contribution < 1.29 is 24.9 Å². The zero-order valence-corrected chi connectivity index (χ0v) is 10.8. The van der Waals surface area contributed by atoms with Gasteiger partial charge in [-0.15, -0.1) is 0 Å². The molecule has 0 heterocycles. The molecule has 3 nitrogen and oxygen atoms in total. The summed E-state index contributed by atoms with van der Waals surface area (Å²) in [6, 6.07) is 2.99. The van der Waals surface area contributed by atoms with E-state index in [1.165, 1.54) is 24.3 Å². The molecule has 2 atom stereocenters. The van der Waals surface area contributed by atoms with Gasteiger partial charge < -0.3 is 15.6 Å². The molecule has 1 rings (SSSR count). The van der Waals surface area contributed by atoms with Crippen LogP contribution < -0.4 is 10.5 Å². The smallest absolute Gasteiger partial charge is 0.119 e. The molecule has 0 aromatic heterocycles. The maximum atomic E-state index is 10.5. The van der Waals surface area contributed by atoms with Crippen LogP contribution in [0.25, 0.3) is 0 Å². The molecule has 1 aromatic carbocycles. The van der Waals surface area contributed by atoms with Crippen molar-refractivity contribution in [3.05, 3.63) is 29.8 Å². The van der Waals surface area contributed by atoms with Crippen LogP contribution in [0.4, 0.5) is 0 Å². The number of ether oxygens (including phenoxy) is 1. The van der Waals surface area contributed by atoms with E-state index in [9.17, 15) is 5.11 Å². The first-order chi connectivity index (χ1) is 13.3. The Bertz CT molecular complexity index is 681. The minimum atomic E-state index is -3.31. The van der Waals surface area contributed by atoms with E-state index in [0.29, 0.717) is 6.42 Å². The molecular formula is C16H27NO2. The molecule has 3 heteroatoms. The lowest BCUT2D eigenvalue weighted by molar-refractivity contribution is 0.0517. The Morgan fingerprint density at radius 2 is 2.11 bits per heavy atom. The average molecular weight is 276 g/mol. The lowest BCUT2D eigenvalue weighted by Crippen LogP contribution is -2.34. The molecule has 0 spiro atoms. The highest BCUT2D eigenvalue weighted by Gasteiger charge is 2.24. The Morgan fingerprint density at radius 3 is 2.63 bits per heavy atom. The van der Waals surface area contributed by atoms with E-state index in [1.54, 1.807) is 6.92 Å². The lowest BCUT2D eigenvalue weighted by Gasteiger charge is -2.26. The van der Waals surface area contributed by atoms with E-state index >= 15 is 0 Å². The molecule has 0 fully saturated rings. The van der Waals surface area contributed by atoms with Crippen molar-refractivity contribution in [3.63, 3.8) is 0 Å². The van der Waals surface area contributed by atoms with E-state index in [-0.39, 0.29) is 17.7 Å². The third-order valence-electron chi connectivity index (χ3n) is 2.59. The Labute approximate surface area is 132 Å². The van der Waals surface area contributed by atoms with Gasteiger partial charge in [-0.2, -0.15) is 0 Å². The number of hydrogen-bond acceptors (Lipinski definition) is 3. The van der Waals surface area contributed by atoms with Gasteiger partial charge in [0.1, 0.15) is 5.75 Å². The number of aliphatic hydroxyl groups is 1. The minimum absolute atomic E-state index is 0.0291. The fourth-order valence-corrected chi connectivity index (χ4v) is 1.47. The van der Waals surface area contributed by atoms with Gasteiger partial charge in [0.15, 0.2) is 0 Å². The average Bonchev–Trinajstić information content (AvgIpc) is 2.55. The Kier molecular flexibility index (Phi) is 2.24. The molecule has 0 aliphatic heterocycles. The van der Waals surface area contributed by atoms with E-state index in [1.807, 2.05) is 0 Å². The standard InChI is InChI=1S/C16H27NO2/c1-5-6-12(2)11-19-14-9-7-13(8-10-14)15(17)16(3,4)18/h7-10,12,15,18H,5-6,11,17H2,1-4H3/t12-,15-/m1/s1/i2D3,3D3,4D3,11D2. The highest BCUT2D eigenvalue weighted by atomic mass is 16.5.